The van der Waals surface area contributed by atoms with E-state index in [9.17, 15) is 31.1 Å². The standard InChI is InChI=1S/C18H12BrF6N3O2/c1-9-6-10(19)2-4-12(9)26-16(29)13-5-3-11(30-13)8-28-15(18(23,24)25)7-14(27-28)17(20,21)22/h2-7H,8H2,1H3,(H,26,29). The van der Waals surface area contributed by atoms with Crippen LogP contribution in [-0.2, 0) is 18.9 Å². The number of anilines is 1. The van der Waals surface area contributed by atoms with E-state index in [0.29, 0.717) is 5.69 Å². The third-order valence-corrected chi connectivity index (χ3v) is 4.48. The van der Waals surface area contributed by atoms with Crippen LogP contribution in [0.4, 0.5) is 32.0 Å². The summed E-state index contributed by atoms with van der Waals surface area (Å²) in [5.41, 5.74) is -2.02. The van der Waals surface area contributed by atoms with Crippen molar-refractivity contribution < 1.29 is 35.6 Å². The molecule has 0 aliphatic carbocycles. The topological polar surface area (TPSA) is 60.1 Å². The van der Waals surface area contributed by atoms with Crippen LogP contribution in [0.3, 0.4) is 0 Å². The van der Waals surface area contributed by atoms with Gasteiger partial charge in [0.1, 0.15) is 11.5 Å². The van der Waals surface area contributed by atoms with E-state index in [-0.39, 0.29) is 22.3 Å². The molecule has 0 fully saturated rings. The van der Waals surface area contributed by atoms with Crippen LogP contribution in [0.5, 0.6) is 0 Å². The normalized spacial score (nSPS) is 12.3. The van der Waals surface area contributed by atoms with Crippen LogP contribution in [0.25, 0.3) is 0 Å². The van der Waals surface area contributed by atoms with Gasteiger partial charge in [-0.2, -0.15) is 31.4 Å². The van der Waals surface area contributed by atoms with Crippen LogP contribution in [0.15, 0.2) is 45.3 Å². The lowest BCUT2D eigenvalue weighted by molar-refractivity contribution is -0.144. The Balaban J connectivity index is 1.81. The zero-order chi connectivity index (χ0) is 22.3. The number of halogens is 7. The average Bonchev–Trinajstić information content (AvgIpc) is 3.24. The molecule has 30 heavy (non-hydrogen) atoms. The highest BCUT2D eigenvalue weighted by atomic mass is 79.9. The third-order valence-electron chi connectivity index (χ3n) is 3.99. The van der Waals surface area contributed by atoms with Gasteiger partial charge in [0.05, 0.1) is 6.54 Å². The summed E-state index contributed by atoms with van der Waals surface area (Å²) in [5, 5.41) is 5.58. The van der Waals surface area contributed by atoms with Gasteiger partial charge in [-0.3, -0.25) is 9.48 Å². The summed E-state index contributed by atoms with van der Waals surface area (Å²) >= 11 is 3.29. The number of alkyl halides is 6. The zero-order valence-electron chi connectivity index (χ0n) is 15.0. The van der Waals surface area contributed by atoms with Gasteiger partial charge in [-0.25, -0.2) is 0 Å². The molecule has 0 unspecified atom stereocenters. The van der Waals surface area contributed by atoms with E-state index >= 15 is 0 Å². The van der Waals surface area contributed by atoms with Crippen LogP contribution in [0.1, 0.15) is 33.3 Å². The molecule has 1 aromatic carbocycles. The first-order valence-corrected chi connectivity index (χ1v) is 9.02. The van der Waals surface area contributed by atoms with E-state index in [4.69, 9.17) is 4.42 Å². The van der Waals surface area contributed by atoms with Crippen molar-refractivity contribution >= 4 is 27.5 Å². The molecular weight excluding hydrogens is 484 g/mol. The zero-order valence-corrected chi connectivity index (χ0v) is 16.6. The summed E-state index contributed by atoms with van der Waals surface area (Å²) in [4.78, 5) is 12.3. The van der Waals surface area contributed by atoms with Crippen LogP contribution in [0.2, 0.25) is 0 Å². The fourth-order valence-electron chi connectivity index (χ4n) is 2.59. The summed E-state index contributed by atoms with van der Waals surface area (Å²) < 4.78 is 83.6. The number of carbonyl (C=O) groups is 1. The molecule has 0 spiro atoms. The lowest BCUT2D eigenvalue weighted by Gasteiger charge is -2.09. The molecule has 3 aromatic rings. The van der Waals surface area contributed by atoms with Crippen LogP contribution < -0.4 is 5.32 Å². The number of aromatic nitrogens is 2. The molecule has 5 nitrogen and oxygen atoms in total. The number of hydrogen-bond acceptors (Lipinski definition) is 3. The van der Waals surface area contributed by atoms with E-state index < -0.39 is 36.2 Å². The Kier molecular flexibility index (Phi) is 5.72. The summed E-state index contributed by atoms with van der Waals surface area (Å²) in [7, 11) is 0. The summed E-state index contributed by atoms with van der Waals surface area (Å²) in [6.45, 7) is 1.01. The number of nitrogens with one attached hydrogen (secondary N) is 1. The molecule has 2 heterocycles. The number of amides is 1. The lowest BCUT2D eigenvalue weighted by atomic mass is 10.2. The average molecular weight is 496 g/mol. The van der Waals surface area contributed by atoms with Gasteiger partial charge in [-0.1, -0.05) is 15.9 Å². The second-order valence-electron chi connectivity index (χ2n) is 6.25. The molecule has 0 bridgehead atoms. The number of hydrogen-bond donors (Lipinski definition) is 1. The molecule has 0 atom stereocenters. The van der Waals surface area contributed by atoms with Crippen molar-refractivity contribution in [2.24, 2.45) is 0 Å². The molecule has 3 rings (SSSR count). The maximum absolute atomic E-state index is 13.1. The summed E-state index contributed by atoms with van der Waals surface area (Å²) in [6, 6.07) is 7.42. The predicted octanol–water partition coefficient (Wildman–Crippen LogP) is 5.89. The maximum atomic E-state index is 13.1. The second kappa shape index (κ2) is 7.82. The Labute approximate surface area is 173 Å². The SMILES string of the molecule is Cc1cc(Br)ccc1NC(=O)c1ccc(Cn2nc(C(F)(F)F)cc2C(F)(F)F)o1. The van der Waals surface area contributed by atoms with E-state index in [2.05, 4.69) is 26.3 Å². The first-order valence-electron chi connectivity index (χ1n) is 8.23. The van der Waals surface area contributed by atoms with Crippen molar-refractivity contribution in [3.8, 4) is 0 Å². The minimum absolute atomic E-state index is 0.0765. The fraction of sp³-hybridized carbons (Fsp3) is 0.222. The van der Waals surface area contributed by atoms with Gasteiger partial charge < -0.3 is 9.73 Å². The number of carbonyl (C=O) groups excluding carboxylic acids is 1. The number of rotatable bonds is 4. The van der Waals surface area contributed by atoms with E-state index in [1.54, 1.807) is 25.1 Å². The Morgan fingerprint density at radius 2 is 1.80 bits per heavy atom. The highest BCUT2D eigenvalue weighted by Gasteiger charge is 2.42. The van der Waals surface area contributed by atoms with Gasteiger partial charge in [0.2, 0.25) is 0 Å². The molecule has 0 radical (unpaired) electrons. The highest BCUT2D eigenvalue weighted by molar-refractivity contribution is 9.10. The highest BCUT2D eigenvalue weighted by Crippen LogP contribution is 2.35. The molecular formula is C18H12BrF6N3O2. The van der Waals surface area contributed by atoms with Gasteiger partial charge in [-0.05, 0) is 42.8 Å². The molecule has 12 heteroatoms. The monoisotopic (exact) mass is 495 g/mol. The molecule has 0 aliphatic heterocycles. The molecule has 1 N–H and O–H groups in total. The largest absolute Gasteiger partial charge is 0.454 e. The number of nitrogens with zero attached hydrogens (tertiary/aromatic N) is 2. The molecule has 0 saturated carbocycles. The van der Waals surface area contributed by atoms with Crippen LogP contribution >= 0.6 is 15.9 Å². The number of furan rings is 1. The van der Waals surface area contributed by atoms with Crippen LogP contribution in [-0.4, -0.2) is 15.7 Å². The minimum Gasteiger partial charge on any atom is -0.454 e. The second-order valence-corrected chi connectivity index (χ2v) is 7.16. The number of benzene rings is 1. The molecule has 0 aliphatic rings. The molecule has 0 saturated heterocycles. The van der Waals surface area contributed by atoms with E-state index in [1.807, 2.05) is 0 Å². The van der Waals surface area contributed by atoms with Crippen molar-refractivity contribution in [2.75, 3.05) is 5.32 Å². The van der Waals surface area contributed by atoms with Gasteiger partial charge >= 0.3 is 12.4 Å². The Morgan fingerprint density at radius 3 is 2.40 bits per heavy atom. The fourth-order valence-corrected chi connectivity index (χ4v) is 3.06. The van der Waals surface area contributed by atoms with Crippen molar-refractivity contribution in [3.05, 3.63) is 69.3 Å². The van der Waals surface area contributed by atoms with Crippen molar-refractivity contribution in [1.29, 1.82) is 0 Å². The quantitative estimate of drug-likeness (QED) is 0.459. The van der Waals surface area contributed by atoms with Crippen molar-refractivity contribution in [2.45, 2.75) is 25.8 Å². The van der Waals surface area contributed by atoms with Crippen molar-refractivity contribution in [1.82, 2.24) is 9.78 Å². The van der Waals surface area contributed by atoms with Gasteiger partial charge in [0, 0.05) is 16.2 Å². The van der Waals surface area contributed by atoms with E-state index in [1.165, 1.54) is 12.1 Å². The summed E-state index contributed by atoms with van der Waals surface area (Å²) in [5.74, 6) is -1.06. The Hall–Kier alpha value is -2.76. The number of aryl methyl sites for hydroxylation is 1. The van der Waals surface area contributed by atoms with Gasteiger partial charge in [-0.15, -0.1) is 0 Å². The van der Waals surface area contributed by atoms with Gasteiger partial charge in [0.25, 0.3) is 5.91 Å². The molecule has 1 amide bonds. The van der Waals surface area contributed by atoms with Gasteiger partial charge in [0.15, 0.2) is 11.5 Å². The minimum atomic E-state index is -5.05. The lowest BCUT2D eigenvalue weighted by Crippen LogP contribution is -2.15. The maximum Gasteiger partial charge on any atom is 0.435 e. The van der Waals surface area contributed by atoms with Crippen molar-refractivity contribution in [3.63, 3.8) is 0 Å². The predicted molar refractivity (Wildman–Crippen MR) is 96.9 cm³/mol. The smallest absolute Gasteiger partial charge is 0.435 e. The van der Waals surface area contributed by atoms with Crippen LogP contribution in [0, 0.1) is 6.92 Å². The Bertz CT molecular complexity index is 1080. The molecule has 160 valence electrons. The third kappa shape index (κ3) is 4.86. The summed E-state index contributed by atoms with van der Waals surface area (Å²) in [6.07, 6.45) is -10.1. The first kappa shape index (κ1) is 21.9. The van der Waals surface area contributed by atoms with E-state index in [0.717, 1.165) is 10.0 Å². The Morgan fingerprint density at radius 1 is 1.10 bits per heavy atom. The molecule has 2 aromatic heterocycles. The first-order chi connectivity index (χ1) is 13.8.